The van der Waals surface area contributed by atoms with Gasteiger partial charge in [-0.3, -0.25) is 5.01 Å². The molecule has 3 heterocycles. The van der Waals surface area contributed by atoms with Gasteiger partial charge in [-0.05, 0) is 24.0 Å². The molecule has 21 heavy (non-hydrogen) atoms. The molecule has 1 aromatic rings. The van der Waals surface area contributed by atoms with E-state index >= 15 is 0 Å². The van der Waals surface area contributed by atoms with E-state index in [0.29, 0.717) is 12.0 Å². The molecule has 1 aromatic carbocycles. The Morgan fingerprint density at radius 3 is 2.90 bits per heavy atom. The van der Waals surface area contributed by atoms with E-state index in [4.69, 9.17) is 14.6 Å². The Morgan fingerprint density at radius 1 is 1.14 bits per heavy atom. The van der Waals surface area contributed by atoms with Gasteiger partial charge in [-0.1, -0.05) is 24.3 Å². The maximum atomic E-state index is 5.96. The largest absolute Gasteiger partial charge is 0.347 e. The molecule has 4 nitrogen and oxygen atoms in total. The highest BCUT2D eigenvalue weighted by atomic mass is 16.7. The molecule has 2 fully saturated rings. The Bertz CT molecular complexity index is 607. The molecule has 110 valence electrons. The van der Waals surface area contributed by atoms with Gasteiger partial charge in [0.1, 0.15) is 0 Å². The molecule has 1 spiro atoms. The van der Waals surface area contributed by atoms with Crippen LogP contribution in [0.4, 0.5) is 0 Å². The lowest BCUT2D eigenvalue weighted by Crippen LogP contribution is -2.42. The van der Waals surface area contributed by atoms with Gasteiger partial charge in [0.2, 0.25) is 0 Å². The van der Waals surface area contributed by atoms with Gasteiger partial charge in [-0.25, -0.2) is 0 Å². The third-order valence-electron chi connectivity index (χ3n) is 5.48. The van der Waals surface area contributed by atoms with Crippen molar-refractivity contribution in [3.8, 4) is 0 Å². The van der Waals surface area contributed by atoms with E-state index in [1.54, 1.807) is 0 Å². The summed E-state index contributed by atoms with van der Waals surface area (Å²) in [7, 11) is 0. The van der Waals surface area contributed by atoms with E-state index < -0.39 is 0 Å². The first-order chi connectivity index (χ1) is 10.3. The van der Waals surface area contributed by atoms with Crippen LogP contribution in [0, 0.1) is 5.92 Å². The second-order valence-electron chi connectivity index (χ2n) is 6.57. The van der Waals surface area contributed by atoms with Crippen LogP contribution in [-0.4, -0.2) is 36.3 Å². The zero-order chi connectivity index (χ0) is 13.9. The van der Waals surface area contributed by atoms with E-state index in [0.717, 1.165) is 45.4 Å². The second kappa shape index (κ2) is 4.31. The molecule has 1 saturated carbocycles. The molecule has 1 saturated heterocycles. The Morgan fingerprint density at radius 2 is 2.00 bits per heavy atom. The zero-order valence-electron chi connectivity index (χ0n) is 12.1. The zero-order valence-corrected chi connectivity index (χ0v) is 12.1. The van der Waals surface area contributed by atoms with Crippen molar-refractivity contribution in [1.29, 1.82) is 0 Å². The fourth-order valence-corrected chi connectivity index (χ4v) is 4.52. The molecule has 0 radical (unpaired) electrons. The number of rotatable bonds is 0. The summed E-state index contributed by atoms with van der Waals surface area (Å²) in [6, 6.07) is 9.25. The second-order valence-corrected chi connectivity index (χ2v) is 6.57. The molecule has 0 bridgehead atoms. The van der Waals surface area contributed by atoms with Gasteiger partial charge in [0, 0.05) is 31.0 Å². The maximum Gasteiger partial charge on any atom is 0.169 e. The van der Waals surface area contributed by atoms with Crippen LogP contribution in [0.15, 0.2) is 29.4 Å². The Kier molecular flexibility index (Phi) is 2.50. The molecule has 0 aromatic heterocycles. The van der Waals surface area contributed by atoms with Gasteiger partial charge in [-0.2, -0.15) is 5.10 Å². The van der Waals surface area contributed by atoms with Crippen molar-refractivity contribution in [3.05, 3.63) is 35.4 Å². The lowest BCUT2D eigenvalue weighted by molar-refractivity contribution is -0.176. The van der Waals surface area contributed by atoms with E-state index in [1.807, 2.05) is 0 Å². The summed E-state index contributed by atoms with van der Waals surface area (Å²) < 4.78 is 11.9. The Labute approximate surface area is 124 Å². The van der Waals surface area contributed by atoms with Crippen LogP contribution < -0.4 is 0 Å². The van der Waals surface area contributed by atoms with Crippen molar-refractivity contribution >= 4 is 5.71 Å². The van der Waals surface area contributed by atoms with E-state index in [1.165, 1.54) is 16.8 Å². The summed E-state index contributed by atoms with van der Waals surface area (Å²) in [6.07, 6.45) is 4.04. The summed E-state index contributed by atoms with van der Waals surface area (Å²) >= 11 is 0. The van der Waals surface area contributed by atoms with Crippen LogP contribution in [0.3, 0.4) is 0 Å². The van der Waals surface area contributed by atoms with Crippen LogP contribution >= 0.6 is 0 Å². The van der Waals surface area contributed by atoms with Crippen molar-refractivity contribution in [2.24, 2.45) is 11.0 Å². The molecule has 0 amide bonds. The monoisotopic (exact) mass is 284 g/mol. The fourth-order valence-electron chi connectivity index (χ4n) is 4.52. The first-order valence-electron chi connectivity index (χ1n) is 8.04. The number of hydrogen-bond acceptors (Lipinski definition) is 4. The Hall–Kier alpha value is -1.39. The molecular weight excluding hydrogens is 264 g/mol. The Balaban J connectivity index is 1.53. The third kappa shape index (κ3) is 1.72. The van der Waals surface area contributed by atoms with Crippen LogP contribution in [-0.2, 0) is 15.9 Å². The summed E-state index contributed by atoms with van der Waals surface area (Å²) in [4.78, 5) is 0. The first-order valence-corrected chi connectivity index (χ1v) is 8.04. The predicted octanol–water partition coefficient (Wildman–Crippen LogP) is 2.50. The molecule has 0 N–H and O–H groups in total. The predicted molar refractivity (Wildman–Crippen MR) is 79.0 cm³/mol. The summed E-state index contributed by atoms with van der Waals surface area (Å²) in [6.45, 7) is 2.52. The number of nitrogens with zero attached hydrogens (tertiary/aromatic N) is 2. The molecule has 3 aliphatic heterocycles. The summed E-state index contributed by atoms with van der Waals surface area (Å²) in [5, 5.41) is 7.24. The molecule has 2 atom stereocenters. The van der Waals surface area contributed by atoms with Crippen molar-refractivity contribution in [1.82, 2.24) is 5.01 Å². The highest BCUT2D eigenvalue weighted by Gasteiger charge is 2.51. The highest BCUT2D eigenvalue weighted by molar-refractivity contribution is 5.90. The lowest BCUT2D eigenvalue weighted by Gasteiger charge is -2.39. The van der Waals surface area contributed by atoms with Gasteiger partial charge >= 0.3 is 0 Å². The van der Waals surface area contributed by atoms with E-state index in [2.05, 4.69) is 29.3 Å². The summed E-state index contributed by atoms with van der Waals surface area (Å²) in [5.74, 6) is 0.129. The van der Waals surface area contributed by atoms with E-state index in [-0.39, 0.29) is 5.79 Å². The summed E-state index contributed by atoms with van der Waals surface area (Å²) in [5.41, 5.74) is 4.31. The normalized spacial score (nSPS) is 32.6. The van der Waals surface area contributed by atoms with Crippen LogP contribution in [0.1, 0.15) is 36.4 Å². The first kappa shape index (κ1) is 12.2. The average Bonchev–Trinajstić information content (AvgIpc) is 3.12. The molecule has 1 aliphatic carbocycles. The number of fused-ring (bicyclic) bond motifs is 5. The van der Waals surface area contributed by atoms with Crippen molar-refractivity contribution in [3.63, 3.8) is 0 Å². The minimum atomic E-state index is -0.327. The standard InChI is InChI=1S/C17H20N2O2/c1-2-4-13-12(3-1)6-8-19-16(13)14-11-17(20-9-10-21-17)7-5-15(14)18-19/h1-4,14,16H,5-11H2/t14-,16-/m0/s1. The molecule has 4 aliphatic rings. The van der Waals surface area contributed by atoms with Gasteiger partial charge < -0.3 is 9.47 Å². The minimum absolute atomic E-state index is 0.327. The maximum absolute atomic E-state index is 5.96. The van der Waals surface area contributed by atoms with Crippen molar-refractivity contribution < 1.29 is 9.47 Å². The number of hydrazone groups is 1. The van der Waals surface area contributed by atoms with Gasteiger partial charge in [0.15, 0.2) is 5.79 Å². The number of hydrogen-bond donors (Lipinski definition) is 0. The topological polar surface area (TPSA) is 34.1 Å². The minimum Gasteiger partial charge on any atom is -0.347 e. The lowest BCUT2D eigenvalue weighted by atomic mass is 9.75. The van der Waals surface area contributed by atoms with Crippen LogP contribution in [0.5, 0.6) is 0 Å². The number of ether oxygens (including phenoxy) is 2. The van der Waals surface area contributed by atoms with Crippen LogP contribution in [0.2, 0.25) is 0 Å². The van der Waals surface area contributed by atoms with Crippen molar-refractivity contribution in [2.75, 3.05) is 19.8 Å². The molecule has 5 rings (SSSR count). The quantitative estimate of drug-likeness (QED) is 0.734. The molecule has 4 heteroatoms. The third-order valence-corrected chi connectivity index (χ3v) is 5.48. The number of benzene rings is 1. The molecule has 0 unspecified atom stereocenters. The average molecular weight is 284 g/mol. The van der Waals surface area contributed by atoms with Crippen molar-refractivity contribution in [2.45, 2.75) is 37.5 Å². The fraction of sp³-hybridized carbons (Fsp3) is 0.588. The highest BCUT2D eigenvalue weighted by Crippen LogP contribution is 2.49. The van der Waals surface area contributed by atoms with E-state index in [9.17, 15) is 0 Å². The SMILES string of the molecule is c1ccc2c(c1)CCN1N=C3CCC4(C[C@@H]3[C@H]21)OCCO4. The van der Waals surface area contributed by atoms with Gasteiger partial charge in [-0.15, -0.1) is 0 Å². The van der Waals surface area contributed by atoms with Gasteiger partial charge in [0.05, 0.1) is 19.3 Å². The smallest absolute Gasteiger partial charge is 0.169 e. The molecular formula is C17H20N2O2. The van der Waals surface area contributed by atoms with Crippen LogP contribution in [0.25, 0.3) is 0 Å². The van der Waals surface area contributed by atoms with Gasteiger partial charge in [0.25, 0.3) is 0 Å².